The van der Waals surface area contributed by atoms with Crippen LogP contribution in [0.25, 0.3) is 10.8 Å². The topological polar surface area (TPSA) is 12.0 Å². The molecule has 0 aliphatic carbocycles. The number of hydrogen-bond donors (Lipinski definition) is 1. The quantitative estimate of drug-likeness (QED) is 0.652. The van der Waals surface area contributed by atoms with Crippen LogP contribution >= 0.6 is 0 Å². The highest BCUT2D eigenvalue weighted by atomic mass is 14.9. The standard InChI is InChI=1S/C19H17N/c1-2-6-14(7-3-1)18-11-10-17-12-15-8-4-5-9-16(15)13-19(17)20-18/h1-9,12-13,18,20H,10-11H2/t18-/m0/s1. The van der Waals surface area contributed by atoms with Crippen LogP contribution in [0.2, 0.25) is 0 Å². The molecule has 4 rings (SSSR count). The van der Waals surface area contributed by atoms with Gasteiger partial charge in [-0.25, -0.2) is 0 Å². The van der Waals surface area contributed by atoms with Gasteiger partial charge < -0.3 is 5.32 Å². The summed E-state index contributed by atoms with van der Waals surface area (Å²) in [4.78, 5) is 0. The van der Waals surface area contributed by atoms with E-state index in [-0.39, 0.29) is 0 Å². The predicted molar refractivity (Wildman–Crippen MR) is 85.1 cm³/mol. The number of anilines is 1. The van der Waals surface area contributed by atoms with Crippen LogP contribution < -0.4 is 5.32 Å². The maximum atomic E-state index is 3.71. The van der Waals surface area contributed by atoms with E-state index in [1.54, 1.807) is 0 Å². The van der Waals surface area contributed by atoms with Gasteiger partial charge in [0.05, 0.1) is 6.04 Å². The number of rotatable bonds is 1. The van der Waals surface area contributed by atoms with Crippen LogP contribution in [0.15, 0.2) is 66.7 Å². The van der Waals surface area contributed by atoms with Crippen molar-refractivity contribution < 1.29 is 0 Å². The summed E-state index contributed by atoms with van der Waals surface area (Å²) >= 11 is 0. The van der Waals surface area contributed by atoms with E-state index in [1.165, 1.54) is 27.6 Å². The largest absolute Gasteiger partial charge is 0.378 e. The Bertz CT molecular complexity index is 746. The predicted octanol–water partition coefficient (Wildman–Crippen LogP) is 4.94. The fourth-order valence-corrected chi connectivity index (χ4v) is 3.12. The molecule has 1 atom stereocenters. The van der Waals surface area contributed by atoms with Crippen LogP contribution in [-0.2, 0) is 6.42 Å². The molecule has 20 heavy (non-hydrogen) atoms. The first-order valence-electron chi connectivity index (χ1n) is 7.23. The molecule has 0 radical (unpaired) electrons. The van der Waals surface area contributed by atoms with Crippen LogP contribution in [0.4, 0.5) is 5.69 Å². The van der Waals surface area contributed by atoms with Crippen molar-refractivity contribution in [3.63, 3.8) is 0 Å². The molecule has 0 saturated heterocycles. The lowest BCUT2D eigenvalue weighted by atomic mass is 9.92. The van der Waals surface area contributed by atoms with Crippen molar-refractivity contribution in [1.29, 1.82) is 0 Å². The van der Waals surface area contributed by atoms with E-state index >= 15 is 0 Å². The van der Waals surface area contributed by atoms with Crippen LogP contribution in [0.5, 0.6) is 0 Å². The third-order valence-electron chi connectivity index (χ3n) is 4.21. The van der Waals surface area contributed by atoms with E-state index in [1.807, 2.05) is 0 Å². The van der Waals surface area contributed by atoms with Gasteiger partial charge in [0.25, 0.3) is 0 Å². The first-order valence-corrected chi connectivity index (χ1v) is 7.23. The van der Waals surface area contributed by atoms with E-state index in [4.69, 9.17) is 0 Å². The summed E-state index contributed by atoms with van der Waals surface area (Å²) in [7, 11) is 0. The maximum Gasteiger partial charge on any atom is 0.0517 e. The fourth-order valence-electron chi connectivity index (χ4n) is 3.12. The maximum absolute atomic E-state index is 3.71. The molecule has 0 amide bonds. The molecule has 0 aromatic heterocycles. The molecule has 0 saturated carbocycles. The van der Waals surface area contributed by atoms with Crippen LogP contribution in [0.3, 0.4) is 0 Å². The second-order valence-electron chi connectivity index (χ2n) is 5.50. The first-order chi connectivity index (χ1) is 9.90. The summed E-state index contributed by atoms with van der Waals surface area (Å²) < 4.78 is 0. The summed E-state index contributed by atoms with van der Waals surface area (Å²) in [5.41, 5.74) is 4.12. The van der Waals surface area contributed by atoms with E-state index in [2.05, 4.69) is 72.0 Å². The van der Waals surface area contributed by atoms with Gasteiger partial charge in [0.15, 0.2) is 0 Å². The molecule has 0 unspecified atom stereocenters. The SMILES string of the molecule is c1ccc([C@@H]2CCc3cc4ccccc4cc3N2)cc1. The highest BCUT2D eigenvalue weighted by Gasteiger charge is 2.19. The molecule has 1 aliphatic rings. The molecule has 0 bridgehead atoms. The van der Waals surface area contributed by atoms with Crippen LogP contribution in [-0.4, -0.2) is 0 Å². The van der Waals surface area contributed by atoms with Crippen LogP contribution in [0, 0.1) is 0 Å². The van der Waals surface area contributed by atoms with Crippen molar-refractivity contribution in [2.45, 2.75) is 18.9 Å². The van der Waals surface area contributed by atoms with Gasteiger partial charge in [-0.3, -0.25) is 0 Å². The van der Waals surface area contributed by atoms with Gasteiger partial charge in [-0.15, -0.1) is 0 Å². The average molecular weight is 259 g/mol. The highest BCUT2D eigenvalue weighted by molar-refractivity contribution is 5.87. The number of benzene rings is 3. The lowest BCUT2D eigenvalue weighted by Crippen LogP contribution is -2.17. The average Bonchev–Trinajstić information content (AvgIpc) is 2.53. The molecular weight excluding hydrogens is 242 g/mol. The van der Waals surface area contributed by atoms with Gasteiger partial charge in [-0.2, -0.15) is 0 Å². The number of fused-ring (bicyclic) bond motifs is 2. The van der Waals surface area contributed by atoms with E-state index in [0.717, 1.165) is 12.8 Å². The molecule has 1 heterocycles. The molecule has 98 valence electrons. The minimum Gasteiger partial charge on any atom is -0.378 e. The second kappa shape index (κ2) is 4.68. The molecule has 1 aliphatic heterocycles. The van der Waals surface area contributed by atoms with Gasteiger partial charge in [0, 0.05) is 5.69 Å². The van der Waals surface area contributed by atoms with Gasteiger partial charge in [-0.05, 0) is 46.9 Å². The third kappa shape index (κ3) is 1.96. The van der Waals surface area contributed by atoms with Gasteiger partial charge in [0.1, 0.15) is 0 Å². The number of aryl methyl sites for hydroxylation is 1. The second-order valence-corrected chi connectivity index (χ2v) is 5.50. The fraction of sp³-hybridized carbons (Fsp3) is 0.158. The Morgan fingerprint density at radius 1 is 0.800 bits per heavy atom. The van der Waals surface area contributed by atoms with Gasteiger partial charge in [0.2, 0.25) is 0 Å². The molecular formula is C19H17N. The lowest BCUT2D eigenvalue weighted by molar-refractivity contribution is 0.668. The number of hydrogen-bond acceptors (Lipinski definition) is 1. The summed E-state index contributed by atoms with van der Waals surface area (Å²) in [5, 5.41) is 6.36. The molecule has 0 fully saturated rings. The smallest absolute Gasteiger partial charge is 0.0517 e. The Morgan fingerprint density at radius 2 is 1.50 bits per heavy atom. The van der Waals surface area contributed by atoms with E-state index < -0.39 is 0 Å². The van der Waals surface area contributed by atoms with E-state index in [0.29, 0.717) is 6.04 Å². The zero-order chi connectivity index (χ0) is 13.4. The molecule has 1 N–H and O–H groups in total. The lowest BCUT2D eigenvalue weighted by Gasteiger charge is -2.28. The Morgan fingerprint density at radius 3 is 2.30 bits per heavy atom. The summed E-state index contributed by atoms with van der Waals surface area (Å²) in [6, 6.07) is 24.4. The molecule has 1 nitrogen and oxygen atoms in total. The minimum atomic E-state index is 0.435. The zero-order valence-electron chi connectivity index (χ0n) is 11.3. The summed E-state index contributed by atoms with van der Waals surface area (Å²) in [6.07, 6.45) is 2.31. The van der Waals surface area contributed by atoms with E-state index in [9.17, 15) is 0 Å². The molecule has 3 aromatic carbocycles. The Hall–Kier alpha value is -2.28. The normalized spacial score (nSPS) is 17.5. The van der Waals surface area contributed by atoms with Crippen molar-refractivity contribution in [3.05, 3.63) is 77.9 Å². The molecule has 3 aromatic rings. The van der Waals surface area contributed by atoms with Crippen molar-refractivity contribution in [1.82, 2.24) is 0 Å². The Kier molecular flexibility index (Phi) is 2.70. The summed E-state index contributed by atoms with van der Waals surface area (Å²) in [6.45, 7) is 0. The molecule has 1 heteroatoms. The van der Waals surface area contributed by atoms with Crippen molar-refractivity contribution in [2.75, 3.05) is 5.32 Å². The van der Waals surface area contributed by atoms with Gasteiger partial charge >= 0.3 is 0 Å². The van der Waals surface area contributed by atoms with Crippen molar-refractivity contribution >= 4 is 16.5 Å². The van der Waals surface area contributed by atoms with Crippen molar-refractivity contribution in [2.24, 2.45) is 0 Å². The zero-order valence-corrected chi connectivity index (χ0v) is 11.3. The van der Waals surface area contributed by atoms with Crippen LogP contribution in [0.1, 0.15) is 23.6 Å². The number of nitrogens with one attached hydrogen (secondary N) is 1. The van der Waals surface area contributed by atoms with Crippen molar-refractivity contribution in [3.8, 4) is 0 Å². The minimum absolute atomic E-state index is 0.435. The summed E-state index contributed by atoms with van der Waals surface area (Å²) in [5.74, 6) is 0. The molecule has 0 spiro atoms. The first kappa shape index (κ1) is 11.5. The van der Waals surface area contributed by atoms with Gasteiger partial charge in [-0.1, -0.05) is 54.6 Å². The Labute approximate surface area is 119 Å². The monoisotopic (exact) mass is 259 g/mol. The highest BCUT2D eigenvalue weighted by Crippen LogP contribution is 2.35. The Balaban J connectivity index is 1.74. The third-order valence-corrected chi connectivity index (χ3v) is 4.21.